The molecule has 5 rings (SSSR count). The minimum atomic E-state index is -4.65. The van der Waals surface area contributed by atoms with E-state index in [0.717, 1.165) is 34.4 Å². The summed E-state index contributed by atoms with van der Waals surface area (Å²) in [6.45, 7) is 2.14. The molecule has 2 heterocycles. The number of anilines is 1. The van der Waals surface area contributed by atoms with Crippen molar-refractivity contribution >= 4 is 35.2 Å². The van der Waals surface area contributed by atoms with E-state index in [4.69, 9.17) is 23.2 Å². The van der Waals surface area contributed by atoms with Crippen molar-refractivity contribution in [3.8, 4) is 0 Å². The number of nitrogens with one attached hydrogen (secondary N) is 1. The second-order valence-electron chi connectivity index (χ2n) is 8.42. The van der Waals surface area contributed by atoms with Crippen molar-refractivity contribution in [3.05, 3.63) is 92.4 Å². The third-order valence-corrected chi connectivity index (χ3v) is 6.38. The smallest absolute Gasteiger partial charge is 0.324 e. The summed E-state index contributed by atoms with van der Waals surface area (Å²) >= 11 is 12.1. The Kier molecular flexibility index (Phi) is 5.49. The van der Waals surface area contributed by atoms with Gasteiger partial charge in [0.25, 0.3) is 5.82 Å². The van der Waals surface area contributed by atoms with E-state index in [2.05, 4.69) is 22.3 Å². The molecule has 0 saturated heterocycles. The molecule has 170 valence electrons. The number of nitrogens with zero attached hydrogens (tertiary/aromatic N) is 3. The minimum absolute atomic E-state index is 0.0672. The second kappa shape index (κ2) is 8.22. The summed E-state index contributed by atoms with van der Waals surface area (Å²) in [6.07, 6.45) is -1.10. The van der Waals surface area contributed by atoms with Gasteiger partial charge in [0, 0.05) is 15.7 Å². The Balaban J connectivity index is 1.68. The Morgan fingerprint density at radius 3 is 2.27 bits per heavy atom. The van der Waals surface area contributed by atoms with Crippen molar-refractivity contribution in [1.82, 2.24) is 14.8 Å². The number of aromatic nitrogens is 3. The Bertz CT molecular complexity index is 1260. The van der Waals surface area contributed by atoms with E-state index in [1.54, 1.807) is 12.1 Å². The largest absolute Gasteiger partial charge is 0.453 e. The second-order valence-corrected chi connectivity index (χ2v) is 9.29. The standard InChI is InChI=1S/C24H19Cl2F3N4/c1-13-10-16(12-14-2-6-17(25)7-3-14)20-19(11-13)21(15-4-8-18(26)9-5-15)33-23(30-20)31-22(32-33)24(27,28)29/h2-9,12-13,21H,10-11H2,1H3,(H,30,31,32)/t13-,21-/m1/s1. The molecule has 0 amide bonds. The molecule has 0 radical (unpaired) electrons. The molecule has 1 aromatic heterocycles. The van der Waals surface area contributed by atoms with Crippen molar-refractivity contribution < 1.29 is 13.2 Å². The lowest BCUT2D eigenvalue weighted by Gasteiger charge is -2.36. The first-order valence-electron chi connectivity index (χ1n) is 10.4. The third kappa shape index (κ3) is 4.27. The molecule has 0 fully saturated rings. The highest BCUT2D eigenvalue weighted by atomic mass is 35.5. The third-order valence-electron chi connectivity index (χ3n) is 5.87. The maximum atomic E-state index is 13.5. The molecule has 0 unspecified atom stereocenters. The van der Waals surface area contributed by atoms with Crippen molar-refractivity contribution in [1.29, 1.82) is 0 Å². The zero-order valence-electron chi connectivity index (χ0n) is 17.5. The lowest BCUT2D eigenvalue weighted by atomic mass is 9.78. The maximum absolute atomic E-state index is 13.5. The van der Waals surface area contributed by atoms with Crippen molar-refractivity contribution in [2.24, 2.45) is 5.92 Å². The highest BCUT2D eigenvalue weighted by Crippen LogP contribution is 2.46. The fourth-order valence-electron chi connectivity index (χ4n) is 4.49. The predicted molar refractivity (Wildman–Crippen MR) is 123 cm³/mol. The monoisotopic (exact) mass is 490 g/mol. The van der Waals surface area contributed by atoms with Gasteiger partial charge in [0.05, 0.1) is 0 Å². The SMILES string of the molecule is C[C@@H]1CC(=Cc2ccc(Cl)cc2)C2=C(C1)[C@@H](c1ccc(Cl)cc1)n1nc(C(F)(F)F)nc1N2. The van der Waals surface area contributed by atoms with Gasteiger partial charge < -0.3 is 5.32 Å². The number of fused-ring (bicyclic) bond motifs is 1. The first-order chi connectivity index (χ1) is 15.7. The Hall–Kier alpha value is -2.77. The molecule has 2 aliphatic rings. The van der Waals surface area contributed by atoms with Gasteiger partial charge in [0.2, 0.25) is 5.95 Å². The number of allylic oxidation sites excluding steroid dienone is 2. The van der Waals surface area contributed by atoms with Crippen LogP contribution in [0.15, 0.2) is 65.4 Å². The van der Waals surface area contributed by atoms with Gasteiger partial charge in [-0.3, -0.25) is 0 Å². The summed E-state index contributed by atoms with van der Waals surface area (Å²) in [6, 6.07) is 14.0. The average Bonchev–Trinajstić information content (AvgIpc) is 3.19. The lowest BCUT2D eigenvalue weighted by Crippen LogP contribution is -2.30. The van der Waals surface area contributed by atoms with E-state index >= 15 is 0 Å². The van der Waals surface area contributed by atoms with E-state index < -0.39 is 18.0 Å². The van der Waals surface area contributed by atoms with Crippen LogP contribution in [0.5, 0.6) is 0 Å². The molecule has 4 nitrogen and oxygen atoms in total. The lowest BCUT2D eigenvalue weighted by molar-refractivity contribution is -0.145. The van der Waals surface area contributed by atoms with E-state index in [1.807, 2.05) is 42.5 Å². The molecule has 1 N–H and O–H groups in total. The van der Waals surface area contributed by atoms with Crippen LogP contribution >= 0.6 is 23.2 Å². The van der Waals surface area contributed by atoms with E-state index in [-0.39, 0.29) is 5.95 Å². The van der Waals surface area contributed by atoms with E-state index in [0.29, 0.717) is 22.4 Å². The molecule has 33 heavy (non-hydrogen) atoms. The van der Waals surface area contributed by atoms with Crippen LogP contribution < -0.4 is 5.32 Å². The number of hydrogen-bond acceptors (Lipinski definition) is 3. The van der Waals surface area contributed by atoms with Gasteiger partial charge in [0.1, 0.15) is 6.04 Å². The molecule has 0 bridgehead atoms. The van der Waals surface area contributed by atoms with Crippen LogP contribution in [0, 0.1) is 5.92 Å². The first kappa shape index (κ1) is 22.0. The molecular formula is C24H19Cl2F3N4. The molecule has 0 saturated carbocycles. The van der Waals surface area contributed by atoms with Crippen LogP contribution in [0.25, 0.3) is 6.08 Å². The highest BCUT2D eigenvalue weighted by Gasteiger charge is 2.41. The number of halogens is 5. The Morgan fingerprint density at radius 1 is 1.00 bits per heavy atom. The minimum Gasteiger partial charge on any atom is -0.324 e. The molecule has 2 aromatic carbocycles. The molecule has 3 aromatic rings. The summed E-state index contributed by atoms with van der Waals surface area (Å²) in [5, 5.41) is 8.20. The average molecular weight is 491 g/mol. The fourth-order valence-corrected chi connectivity index (χ4v) is 4.74. The van der Waals surface area contributed by atoms with Gasteiger partial charge in [0.15, 0.2) is 0 Å². The van der Waals surface area contributed by atoms with Gasteiger partial charge >= 0.3 is 6.18 Å². The molecular weight excluding hydrogens is 472 g/mol. The maximum Gasteiger partial charge on any atom is 0.453 e. The van der Waals surface area contributed by atoms with Crippen LogP contribution in [0.3, 0.4) is 0 Å². The summed E-state index contributed by atoms with van der Waals surface area (Å²) in [7, 11) is 0. The zero-order chi connectivity index (χ0) is 23.3. The van der Waals surface area contributed by atoms with Crippen LogP contribution in [0.4, 0.5) is 19.1 Å². The number of alkyl halides is 3. The van der Waals surface area contributed by atoms with Crippen molar-refractivity contribution in [2.75, 3.05) is 5.32 Å². The van der Waals surface area contributed by atoms with Crippen molar-refractivity contribution in [2.45, 2.75) is 32.0 Å². The summed E-state index contributed by atoms with van der Waals surface area (Å²) in [5.41, 5.74) is 4.54. The topological polar surface area (TPSA) is 42.7 Å². The summed E-state index contributed by atoms with van der Waals surface area (Å²) in [5.74, 6) is -0.802. The Morgan fingerprint density at radius 2 is 1.64 bits per heavy atom. The summed E-state index contributed by atoms with van der Waals surface area (Å²) < 4.78 is 41.7. The molecule has 0 spiro atoms. The normalized spacial score (nSPS) is 21.6. The molecule has 9 heteroatoms. The predicted octanol–water partition coefficient (Wildman–Crippen LogP) is 7.39. The number of benzene rings is 2. The molecule has 1 aliphatic carbocycles. The van der Waals surface area contributed by atoms with Crippen LogP contribution in [0.2, 0.25) is 10.0 Å². The first-order valence-corrected chi connectivity index (χ1v) is 11.2. The van der Waals surface area contributed by atoms with Gasteiger partial charge in [-0.05, 0) is 71.4 Å². The quantitative estimate of drug-likeness (QED) is 0.407. The fraction of sp³-hybridized carbons (Fsp3) is 0.250. The number of hydrogen-bond donors (Lipinski definition) is 1. The zero-order valence-corrected chi connectivity index (χ0v) is 19.0. The van der Waals surface area contributed by atoms with E-state index in [1.165, 1.54) is 4.68 Å². The van der Waals surface area contributed by atoms with Crippen LogP contribution in [0.1, 0.15) is 42.8 Å². The van der Waals surface area contributed by atoms with Gasteiger partial charge in [-0.15, -0.1) is 5.10 Å². The summed E-state index contributed by atoms with van der Waals surface area (Å²) in [4.78, 5) is 3.79. The Labute approximate surface area is 198 Å². The highest BCUT2D eigenvalue weighted by molar-refractivity contribution is 6.30. The van der Waals surface area contributed by atoms with E-state index in [9.17, 15) is 13.2 Å². The van der Waals surface area contributed by atoms with Crippen LogP contribution in [-0.2, 0) is 6.18 Å². The van der Waals surface area contributed by atoms with Gasteiger partial charge in [-0.25, -0.2) is 4.68 Å². The van der Waals surface area contributed by atoms with Gasteiger partial charge in [-0.2, -0.15) is 18.2 Å². The van der Waals surface area contributed by atoms with Gasteiger partial charge in [-0.1, -0.05) is 54.4 Å². The van der Waals surface area contributed by atoms with Crippen LogP contribution in [-0.4, -0.2) is 14.8 Å². The molecule has 2 atom stereocenters. The number of rotatable bonds is 2. The molecule has 1 aliphatic heterocycles. The van der Waals surface area contributed by atoms with Crippen molar-refractivity contribution in [3.63, 3.8) is 0 Å².